The Morgan fingerprint density at radius 1 is 1.50 bits per heavy atom. The fourth-order valence-electron chi connectivity index (χ4n) is 0.997. The van der Waals surface area contributed by atoms with Crippen molar-refractivity contribution in [3.05, 3.63) is 23.8 Å². The van der Waals surface area contributed by atoms with Crippen molar-refractivity contribution in [2.75, 3.05) is 6.54 Å². The van der Waals surface area contributed by atoms with Crippen LogP contribution in [0.3, 0.4) is 0 Å². The highest BCUT2D eigenvalue weighted by Gasteiger charge is 1.96. The standard InChI is InChI=1S/C9H14N4S/c1-3-10-9(14)12-6-8-4-5-11-7(2)13-8/h4-5H,3,6H2,1-2H3,(H2,10,12,14). The lowest BCUT2D eigenvalue weighted by molar-refractivity contribution is 0.817. The van der Waals surface area contributed by atoms with Gasteiger partial charge in [0.2, 0.25) is 0 Å². The molecule has 5 heteroatoms. The maximum Gasteiger partial charge on any atom is 0.166 e. The molecule has 0 aliphatic rings. The summed E-state index contributed by atoms with van der Waals surface area (Å²) in [5.41, 5.74) is 0.942. The second kappa shape index (κ2) is 5.49. The number of hydrogen-bond donors (Lipinski definition) is 2. The largest absolute Gasteiger partial charge is 0.363 e. The van der Waals surface area contributed by atoms with Gasteiger partial charge in [0.15, 0.2) is 5.11 Å². The maximum absolute atomic E-state index is 5.02. The molecule has 1 aromatic heterocycles. The number of hydrogen-bond acceptors (Lipinski definition) is 3. The van der Waals surface area contributed by atoms with Gasteiger partial charge in [-0.05, 0) is 32.1 Å². The van der Waals surface area contributed by atoms with Crippen molar-refractivity contribution in [2.24, 2.45) is 0 Å². The molecule has 1 rings (SSSR count). The molecule has 0 radical (unpaired) electrons. The molecule has 0 saturated carbocycles. The van der Waals surface area contributed by atoms with Crippen LogP contribution in [0.1, 0.15) is 18.4 Å². The van der Waals surface area contributed by atoms with Crippen LogP contribution in [-0.4, -0.2) is 21.6 Å². The van der Waals surface area contributed by atoms with Gasteiger partial charge in [0.25, 0.3) is 0 Å². The molecule has 76 valence electrons. The minimum Gasteiger partial charge on any atom is -0.363 e. The molecule has 0 amide bonds. The Morgan fingerprint density at radius 2 is 2.29 bits per heavy atom. The van der Waals surface area contributed by atoms with Crippen LogP contribution in [-0.2, 0) is 6.54 Å². The molecular formula is C9H14N4S. The number of aromatic nitrogens is 2. The van der Waals surface area contributed by atoms with Gasteiger partial charge in [0.1, 0.15) is 5.82 Å². The Bertz CT molecular complexity index is 313. The van der Waals surface area contributed by atoms with E-state index >= 15 is 0 Å². The summed E-state index contributed by atoms with van der Waals surface area (Å²) in [5.74, 6) is 0.777. The van der Waals surface area contributed by atoms with E-state index in [-0.39, 0.29) is 0 Å². The molecule has 0 aliphatic carbocycles. The summed E-state index contributed by atoms with van der Waals surface area (Å²) in [6.45, 7) is 5.33. The molecule has 0 bridgehead atoms. The summed E-state index contributed by atoms with van der Waals surface area (Å²) in [5, 5.41) is 6.72. The number of aryl methyl sites for hydroxylation is 1. The van der Waals surface area contributed by atoms with Crippen molar-refractivity contribution in [3.8, 4) is 0 Å². The smallest absolute Gasteiger partial charge is 0.166 e. The molecule has 0 atom stereocenters. The van der Waals surface area contributed by atoms with E-state index in [1.54, 1.807) is 6.20 Å². The second-order valence-corrected chi connectivity index (χ2v) is 3.22. The van der Waals surface area contributed by atoms with E-state index < -0.39 is 0 Å². The lowest BCUT2D eigenvalue weighted by Gasteiger charge is -2.07. The number of thiocarbonyl (C=S) groups is 1. The summed E-state index contributed by atoms with van der Waals surface area (Å²) in [7, 11) is 0. The van der Waals surface area contributed by atoms with E-state index in [2.05, 4.69) is 20.6 Å². The second-order valence-electron chi connectivity index (χ2n) is 2.81. The first-order valence-corrected chi connectivity index (χ1v) is 4.93. The van der Waals surface area contributed by atoms with E-state index in [1.807, 2.05) is 19.9 Å². The number of nitrogens with one attached hydrogen (secondary N) is 2. The van der Waals surface area contributed by atoms with Crippen molar-refractivity contribution in [3.63, 3.8) is 0 Å². The summed E-state index contributed by atoms with van der Waals surface area (Å²) in [6.07, 6.45) is 1.75. The van der Waals surface area contributed by atoms with Crippen LogP contribution >= 0.6 is 12.2 Å². The molecule has 4 nitrogen and oxygen atoms in total. The van der Waals surface area contributed by atoms with E-state index in [0.717, 1.165) is 18.1 Å². The Morgan fingerprint density at radius 3 is 2.93 bits per heavy atom. The summed E-state index contributed by atoms with van der Waals surface area (Å²) < 4.78 is 0. The van der Waals surface area contributed by atoms with Gasteiger partial charge in [0, 0.05) is 12.7 Å². The first-order chi connectivity index (χ1) is 6.72. The molecule has 0 aliphatic heterocycles. The van der Waals surface area contributed by atoms with Crippen molar-refractivity contribution in [2.45, 2.75) is 20.4 Å². The molecule has 1 heterocycles. The van der Waals surface area contributed by atoms with Crippen LogP contribution in [0.2, 0.25) is 0 Å². The van der Waals surface area contributed by atoms with Gasteiger partial charge in [-0.25, -0.2) is 9.97 Å². The average Bonchev–Trinajstić information content (AvgIpc) is 2.15. The van der Waals surface area contributed by atoms with Crippen LogP contribution < -0.4 is 10.6 Å². The van der Waals surface area contributed by atoms with Crippen molar-refractivity contribution in [1.82, 2.24) is 20.6 Å². The van der Waals surface area contributed by atoms with Crippen molar-refractivity contribution in [1.29, 1.82) is 0 Å². The molecular weight excluding hydrogens is 196 g/mol. The molecule has 2 N–H and O–H groups in total. The van der Waals surface area contributed by atoms with E-state index in [0.29, 0.717) is 11.7 Å². The highest BCUT2D eigenvalue weighted by molar-refractivity contribution is 7.80. The fraction of sp³-hybridized carbons (Fsp3) is 0.444. The maximum atomic E-state index is 5.02. The first-order valence-electron chi connectivity index (χ1n) is 4.52. The molecule has 14 heavy (non-hydrogen) atoms. The number of rotatable bonds is 3. The van der Waals surface area contributed by atoms with Crippen LogP contribution in [0.4, 0.5) is 0 Å². The highest BCUT2D eigenvalue weighted by Crippen LogP contribution is 1.93. The Kier molecular flexibility index (Phi) is 4.25. The normalized spacial score (nSPS) is 9.57. The van der Waals surface area contributed by atoms with Crippen LogP contribution in [0, 0.1) is 6.92 Å². The van der Waals surface area contributed by atoms with E-state index in [1.165, 1.54) is 0 Å². The minimum absolute atomic E-state index is 0.634. The zero-order valence-corrected chi connectivity index (χ0v) is 9.19. The molecule has 1 aromatic rings. The molecule has 0 fully saturated rings. The molecule has 0 aromatic carbocycles. The van der Waals surface area contributed by atoms with E-state index in [9.17, 15) is 0 Å². The highest BCUT2D eigenvalue weighted by atomic mass is 32.1. The Hall–Kier alpha value is -1.23. The predicted molar refractivity (Wildman–Crippen MR) is 59.9 cm³/mol. The van der Waals surface area contributed by atoms with Gasteiger partial charge >= 0.3 is 0 Å². The van der Waals surface area contributed by atoms with Gasteiger partial charge in [-0.1, -0.05) is 0 Å². The SMILES string of the molecule is CCNC(=S)NCc1ccnc(C)n1. The van der Waals surface area contributed by atoms with Crippen LogP contribution in [0.5, 0.6) is 0 Å². The predicted octanol–water partition coefficient (Wildman–Crippen LogP) is 0.769. The Labute approximate surface area is 89.2 Å². The monoisotopic (exact) mass is 210 g/mol. The fourth-order valence-corrected chi connectivity index (χ4v) is 1.21. The lowest BCUT2D eigenvalue weighted by Crippen LogP contribution is -2.34. The summed E-state index contributed by atoms with van der Waals surface area (Å²) in [6, 6.07) is 1.87. The third-order valence-corrected chi connectivity index (χ3v) is 1.89. The Balaban J connectivity index is 2.41. The molecule has 0 unspecified atom stereocenters. The number of nitrogens with zero attached hydrogens (tertiary/aromatic N) is 2. The van der Waals surface area contributed by atoms with Gasteiger partial charge in [0.05, 0.1) is 12.2 Å². The van der Waals surface area contributed by atoms with Gasteiger partial charge in [-0.15, -0.1) is 0 Å². The zero-order valence-electron chi connectivity index (χ0n) is 8.37. The molecule has 0 saturated heterocycles. The first kappa shape index (κ1) is 10.8. The average molecular weight is 210 g/mol. The summed E-state index contributed by atoms with van der Waals surface area (Å²) in [4.78, 5) is 8.26. The van der Waals surface area contributed by atoms with Gasteiger partial charge in [-0.2, -0.15) is 0 Å². The summed E-state index contributed by atoms with van der Waals surface area (Å²) >= 11 is 5.02. The molecule has 0 spiro atoms. The van der Waals surface area contributed by atoms with E-state index in [4.69, 9.17) is 12.2 Å². The van der Waals surface area contributed by atoms with Crippen LogP contribution in [0.15, 0.2) is 12.3 Å². The zero-order chi connectivity index (χ0) is 10.4. The van der Waals surface area contributed by atoms with Crippen LogP contribution in [0.25, 0.3) is 0 Å². The minimum atomic E-state index is 0.634. The van der Waals surface area contributed by atoms with Crippen molar-refractivity contribution >= 4 is 17.3 Å². The third-order valence-electron chi connectivity index (χ3n) is 1.60. The van der Waals surface area contributed by atoms with Crippen molar-refractivity contribution < 1.29 is 0 Å². The van der Waals surface area contributed by atoms with Gasteiger partial charge in [-0.3, -0.25) is 0 Å². The topological polar surface area (TPSA) is 49.8 Å². The quantitative estimate of drug-likeness (QED) is 0.722. The lowest BCUT2D eigenvalue weighted by atomic mass is 10.4. The van der Waals surface area contributed by atoms with Gasteiger partial charge < -0.3 is 10.6 Å². The third kappa shape index (κ3) is 3.66.